The van der Waals surface area contributed by atoms with E-state index in [-0.39, 0.29) is 17.2 Å². The number of carbonyl (C=O) groups is 4. The number of aldehydes is 1. The number of hydrogen-bond acceptors (Lipinski definition) is 5. The van der Waals surface area contributed by atoms with E-state index in [0.29, 0.717) is 0 Å². The van der Waals surface area contributed by atoms with E-state index in [2.05, 4.69) is 0 Å². The number of nitrogens with zero attached hydrogens (tertiary/aromatic N) is 1. The second kappa shape index (κ2) is 6.72. The molecule has 2 amide bonds. The number of methoxy groups -OCH3 is 1. The van der Waals surface area contributed by atoms with Gasteiger partial charge in [-0.1, -0.05) is 60.7 Å². The molecule has 4 aliphatic rings. The molecule has 1 aliphatic heterocycles. The van der Waals surface area contributed by atoms with Gasteiger partial charge in [0.25, 0.3) is 0 Å². The van der Waals surface area contributed by atoms with Crippen molar-refractivity contribution in [1.29, 1.82) is 0 Å². The Morgan fingerprint density at radius 2 is 1.45 bits per heavy atom. The van der Waals surface area contributed by atoms with E-state index in [1.807, 2.05) is 48.5 Å². The topological polar surface area (TPSA) is 80.8 Å². The molecule has 0 radical (unpaired) electrons. The number of benzene rings is 3. The van der Waals surface area contributed by atoms with E-state index in [9.17, 15) is 19.2 Å². The van der Waals surface area contributed by atoms with Gasteiger partial charge in [0.2, 0.25) is 11.8 Å². The lowest BCUT2D eigenvalue weighted by atomic mass is 9.48. The number of carbonyl (C=O) groups excluding carboxylic acids is 4. The van der Waals surface area contributed by atoms with Gasteiger partial charge in [-0.15, -0.1) is 0 Å². The Kier molecular flexibility index (Phi) is 3.99. The van der Waals surface area contributed by atoms with Crippen LogP contribution in [-0.4, -0.2) is 31.2 Å². The van der Waals surface area contributed by atoms with Crippen molar-refractivity contribution >= 4 is 29.8 Å². The zero-order valence-corrected chi connectivity index (χ0v) is 17.7. The summed E-state index contributed by atoms with van der Waals surface area (Å²) in [6.07, 6.45) is 0.832. The zero-order valence-electron chi connectivity index (χ0n) is 17.7. The van der Waals surface area contributed by atoms with Gasteiger partial charge in [0.05, 0.1) is 35.6 Å². The van der Waals surface area contributed by atoms with Crippen LogP contribution >= 0.6 is 0 Å². The molecule has 3 aromatic carbocycles. The van der Waals surface area contributed by atoms with E-state index in [0.717, 1.165) is 33.4 Å². The van der Waals surface area contributed by atoms with Crippen molar-refractivity contribution in [3.63, 3.8) is 0 Å². The maximum Gasteiger partial charge on any atom is 0.339 e. The molecule has 0 saturated carbocycles. The van der Waals surface area contributed by atoms with Crippen LogP contribution in [0.1, 0.15) is 38.5 Å². The van der Waals surface area contributed by atoms with Crippen LogP contribution in [-0.2, 0) is 24.5 Å². The third-order valence-corrected chi connectivity index (χ3v) is 7.42. The van der Waals surface area contributed by atoms with Gasteiger partial charge in [-0.05, 0) is 34.4 Å². The Morgan fingerprint density at radius 3 is 2.06 bits per heavy atom. The smallest absolute Gasteiger partial charge is 0.339 e. The largest absolute Gasteiger partial charge is 0.465 e. The predicted molar refractivity (Wildman–Crippen MR) is 119 cm³/mol. The minimum absolute atomic E-state index is 0.128. The molecule has 2 bridgehead atoms. The van der Waals surface area contributed by atoms with Crippen molar-refractivity contribution in [3.05, 3.63) is 101 Å². The number of esters is 1. The van der Waals surface area contributed by atoms with E-state index in [4.69, 9.17) is 4.74 Å². The average molecular weight is 437 g/mol. The Balaban J connectivity index is 1.62. The standard InChI is InChI=1S/C27H19NO5/c1-33-26(32)17-10-4-7-13-20(17)28-24(30)22-21-15-8-2-5-11-18(15)27(14-29,23(22)25(28)31)19-12-6-3-9-16(19)21/h2-14,21-23H,1H3/t21?,22-,23-,27?/m0/s1. The zero-order chi connectivity index (χ0) is 22.9. The van der Waals surface area contributed by atoms with Crippen LogP contribution in [0.2, 0.25) is 0 Å². The predicted octanol–water partition coefficient (Wildman–Crippen LogP) is 3.22. The Hall–Kier alpha value is -4.06. The Morgan fingerprint density at radius 1 is 0.879 bits per heavy atom. The summed E-state index contributed by atoms with van der Waals surface area (Å²) < 4.78 is 4.88. The fourth-order valence-electron chi connectivity index (χ4n) is 6.22. The van der Waals surface area contributed by atoms with Gasteiger partial charge < -0.3 is 9.53 Å². The van der Waals surface area contributed by atoms with Crippen LogP contribution in [0.4, 0.5) is 5.69 Å². The van der Waals surface area contributed by atoms with Crippen molar-refractivity contribution in [2.24, 2.45) is 11.8 Å². The van der Waals surface area contributed by atoms with Crippen LogP contribution in [0, 0.1) is 11.8 Å². The fourth-order valence-corrected chi connectivity index (χ4v) is 6.22. The van der Waals surface area contributed by atoms with Crippen molar-refractivity contribution < 1.29 is 23.9 Å². The van der Waals surface area contributed by atoms with Gasteiger partial charge in [-0.2, -0.15) is 0 Å². The number of ether oxygens (including phenoxy) is 1. The molecule has 6 heteroatoms. The Labute approximate surface area is 189 Å². The lowest BCUT2D eigenvalue weighted by molar-refractivity contribution is -0.128. The van der Waals surface area contributed by atoms with E-state index < -0.39 is 35.0 Å². The molecule has 0 aromatic heterocycles. The monoisotopic (exact) mass is 437 g/mol. The number of rotatable bonds is 3. The highest BCUT2D eigenvalue weighted by atomic mass is 16.5. The molecule has 0 spiro atoms. The lowest BCUT2D eigenvalue weighted by Gasteiger charge is -2.51. The molecule has 33 heavy (non-hydrogen) atoms. The second-order valence-corrected chi connectivity index (χ2v) is 8.66. The molecule has 162 valence electrons. The highest BCUT2D eigenvalue weighted by Gasteiger charge is 2.68. The van der Waals surface area contributed by atoms with Gasteiger partial charge in [0.15, 0.2) is 0 Å². The minimum atomic E-state index is -1.27. The fraction of sp³-hybridized carbons (Fsp3) is 0.185. The quantitative estimate of drug-likeness (QED) is 0.357. The molecule has 0 N–H and O–H groups in total. The summed E-state index contributed by atoms with van der Waals surface area (Å²) in [7, 11) is 1.25. The van der Waals surface area contributed by atoms with Gasteiger partial charge in [-0.25, -0.2) is 9.69 Å². The first-order chi connectivity index (χ1) is 16.1. The second-order valence-electron chi connectivity index (χ2n) is 8.66. The van der Waals surface area contributed by atoms with Gasteiger partial charge in [-0.3, -0.25) is 9.59 Å². The molecule has 7 rings (SSSR count). The van der Waals surface area contributed by atoms with Gasteiger partial charge in [0, 0.05) is 5.92 Å². The first-order valence-electron chi connectivity index (χ1n) is 10.8. The molecular weight excluding hydrogens is 418 g/mol. The van der Waals surface area contributed by atoms with Crippen molar-refractivity contribution in [2.75, 3.05) is 12.0 Å². The van der Waals surface area contributed by atoms with Gasteiger partial charge in [0.1, 0.15) is 6.29 Å². The normalized spacial score (nSPS) is 26.5. The van der Waals surface area contributed by atoms with Crippen LogP contribution in [0.15, 0.2) is 72.8 Å². The third kappa shape index (κ3) is 2.22. The van der Waals surface area contributed by atoms with E-state index in [1.165, 1.54) is 13.2 Å². The molecule has 1 saturated heterocycles. The highest BCUT2D eigenvalue weighted by Crippen LogP contribution is 2.63. The highest BCUT2D eigenvalue weighted by molar-refractivity contribution is 6.26. The maximum absolute atomic E-state index is 14.0. The number of hydrogen-bond donors (Lipinski definition) is 0. The molecule has 6 nitrogen and oxygen atoms in total. The summed E-state index contributed by atoms with van der Waals surface area (Å²) in [5, 5.41) is 0. The number of imide groups is 1. The first-order valence-corrected chi connectivity index (χ1v) is 10.8. The van der Waals surface area contributed by atoms with Crippen molar-refractivity contribution in [3.8, 4) is 0 Å². The summed E-state index contributed by atoms with van der Waals surface area (Å²) in [6.45, 7) is 0. The summed E-state index contributed by atoms with van der Waals surface area (Å²) in [5.74, 6) is -3.48. The van der Waals surface area contributed by atoms with Crippen LogP contribution in [0.5, 0.6) is 0 Å². The number of amides is 2. The molecule has 3 aromatic rings. The molecule has 3 aliphatic carbocycles. The molecule has 0 unspecified atom stereocenters. The SMILES string of the molecule is COC(=O)c1ccccc1N1C(=O)[C@@H]2[C@@H](C1=O)C1c3ccccc3C2(C=O)c2ccccc21. The summed E-state index contributed by atoms with van der Waals surface area (Å²) in [6, 6.07) is 21.5. The molecular formula is C27H19NO5. The van der Waals surface area contributed by atoms with Gasteiger partial charge >= 0.3 is 5.97 Å². The maximum atomic E-state index is 14.0. The van der Waals surface area contributed by atoms with E-state index in [1.54, 1.807) is 18.2 Å². The summed E-state index contributed by atoms with van der Waals surface area (Å²) >= 11 is 0. The van der Waals surface area contributed by atoms with Crippen LogP contribution in [0.25, 0.3) is 0 Å². The minimum Gasteiger partial charge on any atom is -0.465 e. The van der Waals surface area contributed by atoms with Crippen molar-refractivity contribution in [1.82, 2.24) is 0 Å². The third-order valence-electron chi connectivity index (χ3n) is 7.42. The number of para-hydroxylation sites is 1. The van der Waals surface area contributed by atoms with Crippen LogP contribution < -0.4 is 4.90 Å². The molecule has 2 atom stereocenters. The lowest BCUT2D eigenvalue weighted by Crippen LogP contribution is -2.54. The summed E-state index contributed by atoms with van der Waals surface area (Å²) in [5.41, 5.74) is 2.38. The summed E-state index contributed by atoms with van der Waals surface area (Å²) in [4.78, 5) is 54.4. The first kappa shape index (κ1) is 19.6. The average Bonchev–Trinajstić information content (AvgIpc) is 3.14. The van der Waals surface area contributed by atoms with Crippen molar-refractivity contribution in [2.45, 2.75) is 11.3 Å². The number of anilines is 1. The van der Waals surface area contributed by atoms with Crippen LogP contribution in [0.3, 0.4) is 0 Å². The molecule has 1 heterocycles. The molecule has 1 fully saturated rings. The Bertz CT molecular complexity index is 1330. The van der Waals surface area contributed by atoms with E-state index >= 15 is 0 Å².